The molecule has 1 aliphatic rings. The summed E-state index contributed by atoms with van der Waals surface area (Å²) in [6.45, 7) is 4.44. The molecule has 2 aromatic rings. The molecular formula is C21H26IN3O2S. The summed E-state index contributed by atoms with van der Waals surface area (Å²) >= 11 is 2.31. The highest BCUT2D eigenvalue weighted by Gasteiger charge is 2.13. The molecule has 3 rings (SSSR count). The number of hydrogen-bond acceptors (Lipinski definition) is 4. The van der Waals surface area contributed by atoms with Gasteiger partial charge in [0.25, 0.3) is 0 Å². The second-order valence-corrected chi connectivity index (χ2v) is 7.86. The summed E-state index contributed by atoms with van der Waals surface area (Å²) < 4.78 is 2.32. The van der Waals surface area contributed by atoms with E-state index < -0.39 is 11.9 Å². The van der Waals surface area contributed by atoms with Crippen LogP contribution in [0.2, 0.25) is 0 Å². The Kier molecular flexibility index (Phi) is 13.1. The molecule has 1 unspecified atom stereocenters. The predicted octanol–water partition coefficient (Wildman–Crippen LogP) is 3.76. The van der Waals surface area contributed by atoms with Gasteiger partial charge in [-0.3, -0.25) is 9.59 Å². The second kappa shape index (κ2) is 15.1. The van der Waals surface area contributed by atoms with Crippen LogP contribution in [0.3, 0.4) is 0 Å². The summed E-state index contributed by atoms with van der Waals surface area (Å²) in [6.07, 6.45) is 3.18. The van der Waals surface area contributed by atoms with Gasteiger partial charge in [0, 0.05) is 40.7 Å². The lowest BCUT2D eigenvalue weighted by Gasteiger charge is -2.11. The molecule has 5 nitrogen and oxygen atoms in total. The quantitative estimate of drug-likeness (QED) is 0.268. The number of primary amides is 1. The largest absolute Gasteiger partial charge is 0.368 e. The van der Waals surface area contributed by atoms with Gasteiger partial charge in [0.05, 0.1) is 0 Å². The van der Waals surface area contributed by atoms with Crippen molar-refractivity contribution in [2.45, 2.75) is 19.4 Å². The number of nitrogens with one attached hydrogen (secondary N) is 1. The smallest absolute Gasteiger partial charge is 0.240 e. The third kappa shape index (κ3) is 11.1. The van der Waals surface area contributed by atoms with Crippen LogP contribution in [-0.2, 0) is 16.0 Å². The molecule has 1 aliphatic heterocycles. The van der Waals surface area contributed by atoms with E-state index in [9.17, 15) is 9.59 Å². The van der Waals surface area contributed by atoms with Gasteiger partial charge in [0.1, 0.15) is 6.04 Å². The van der Waals surface area contributed by atoms with E-state index in [1.54, 1.807) is 9.12 Å². The van der Waals surface area contributed by atoms with Gasteiger partial charge < -0.3 is 11.1 Å². The van der Waals surface area contributed by atoms with E-state index in [0.29, 0.717) is 12.8 Å². The third-order valence-electron chi connectivity index (χ3n) is 3.73. The van der Waals surface area contributed by atoms with Crippen molar-refractivity contribution in [3.63, 3.8) is 0 Å². The molecule has 3 N–H and O–H groups in total. The van der Waals surface area contributed by atoms with Crippen molar-refractivity contribution in [3.05, 3.63) is 83.9 Å². The molecule has 150 valence electrons. The highest BCUT2D eigenvalue weighted by molar-refractivity contribution is 14.2. The van der Waals surface area contributed by atoms with Gasteiger partial charge in [-0.25, -0.2) is 4.31 Å². The molecule has 0 bridgehead atoms. The average molecular weight is 511 g/mol. The topological polar surface area (TPSA) is 75.4 Å². The maximum atomic E-state index is 10.9. The van der Waals surface area contributed by atoms with E-state index in [4.69, 9.17) is 5.73 Å². The number of rotatable bonds is 6. The Morgan fingerprint density at radius 3 is 2.07 bits per heavy atom. The molecule has 0 radical (unpaired) electrons. The van der Waals surface area contributed by atoms with Gasteiger partial charge >= 0.3 is 0 Å². The number of nitrogens with zero attached hydrogens (tertiary/aromatic N) is 1. The minimum atomic E-state index is -0.630. The third-order valence-corrected chi connectivity index (χ3v) is 5.87. The molecule has 0 saturated heterocycles. The Morgan fingerprint density at radius 1 is 1.18 bits per heavy atom. The lowest BCUT2D eigenvalue weighted by Crippen LogP contribution is -2.42. The number of nitrogens with two attached hydrogens (primary N) is 1. The minimum Gasteiger partial charge on any atom is -0.368 e. The number of amides is 2. The molecule has 0 aromatic heterocycles. The van der Waals surface area contributed by atoms with Gasteiger partial charge in [-0.1, -0.05) is 78.4 Å². The van der Waals surface area contributed by atoms with Gasteiger partial charge in [-0.15, -0.1) is 0 Å². The number of hydrogen-bond donors (Lipinski definition) is 2. The van der Waals surface area contributed by atoms with Gasteiger partial charge in [0.2, 0.25) is 12.3 Å². The SMILES string of the molecule is CC1=CCN(SI)C1.NC(=O)C(Cc1ccccc1)NC=O.c1ccccc1. The Bertz CT molecular complexity index is 687. The van der Waals surface area contributed by atoms with Crippen LogP contribution < -0.4 is 11.1 Å². The number of carbonyl (C=O) groups excluding carboxylic acids is 2. The molecule has 7 heteroatoms. The van der Waals surface area contributed by atoms with Crippen molar-refractivity contribution in [3.8, 4) is 0 Å². The highest BCUT2D eigenvalue weighted by atomic mass is 127. The Morgan fingerprint density at radius 2 is 1.71 bits per heavy atom. The standard InChI is InChI=1S/C10H12N2O2.C6H6.C5H8INS/c11-10(14)9(12-7-13)6-8-4-2-1-3-5-8;1-2-4-6-5-3-1;1-5-2-3-7(4-5)8-6/h1-5,7,9H,6H2,(H2,11,14)(H,12,13);1-6H;2H,3-4H2,1H3. The number of carbonyl (C=O) groups is 2. The van der Waals surface area contributed by atoms with E-state index in [-0.39, 0.29) is 0 Å². The maximum Gasteiger partial charge on any atom is 0.240 e. The average Bonchev–Trinajstić information content (AvgIpc) is 3.16. The molecule has 2 aromatic carbocycles. The lowest BCUT2D eigenvalue weighted by molar-refractivity contribution is -0.122. The van der Waals surface area contributed by atoms with Gasteiger partial charge in [-0.05, 0) is 21.6 Å². The van der Waals surface area contributed by atoms with Crippen LogP contribution in [-0.4, -0.2) is 35.8 Å². The fraction of sp³-hybridized carbons (Fsp3) is 0.238. The van der Waals surface area contributed by atoms with Crippen LogP contribution >= 0.6 is 30.3 Å². The molecule has 0 aliphatic carbocycles. The first-order valence-corrected chi connectivity index (χ1v) is 12.1. The van der Waals surface area contributed by atoms with Crippen LogP contribution in [0.5, 0.6) is 0 Å². The van der Waals surface area contributed by atoms with Crippen molar-refractivity contribution in [2.75, 3.05) is 13.1 Å². The van der Waals surface area contributed by atoms with Crippen molar-refractivity contribution in [1.82, 2.24) is 9.62 Å². The summed E-state index contributed by atoms with van der Waals surface area (Å²) in [7, 11) is 1.79. The summed E-state index contributed by atoms with van der Waals surface area (Å²) in [6, 6.07) is 20.7. The number of halogens is 1. The van der Waals surface area contributed by atoms with E-state index in [1.165, 1.54) is 5.57 Å². The molecule has 1 heterocycles. The molecule has 0 saturated carbocycles. The molecule has 2 amide bonds. The fourth-order valence-electron chi connectivity index (χ4n) is 2.28. The van der Waals surface area contributed by atoms with Gasteiger partial charge in [0.15, 0.2) is 0 Å². The zero-order valence-corrected chi connectivity index (χ0v) is 18.8. The molecule has 0 spiro atoms. The van der Waals surface area contributed by atoms with Crippen LogP contribution in [0.25, 0.3) is 0 Å². The van der Waals surface area contributed by atoms with Crippen LogP contribution in [0, 0.1) is 0 Å². The first-order chi connectivity index (χ1) is 13.6. The molecule has 28 heavy (non-hydrogen) atoms. The van der Waals surface area contributed by atoms with E-state index in [1.807, 2.05) is 66.7 Å². The zero-order chi connectivity index (χ0) is 20.6. The minimum absolute atomic E-state index is 0.426. The summed E-state index contributed by atoms with van der Waals surface area (Å²) in [5, 5.41) is 2.38. The summed E-state index contributed by atoms with van der Waals surface area (Å²) in [5.74, 6) is -0.527. The zero-order valence-electron chi connectivity index (χ0n) is 15.8. The second-order valence-electron chi connectivity index (χ2n) is 6.03. The van der Waals surface area contributed by atoms with Crippen LogP contribution in [0.1, 0.15) is 12.5 Å². The Hall–Kier alpha value is -1.84. The molecule has 0 fully saturated rings. The first kappa shape index (κ1) is 24.2. The van der Waals surface area contributed by atoms with Crippen LogP contribution in [0.4, 0.5) is 0 Å². The van der Waals surface area contributed by atoms with E-state index in [2.05, 4.69) is 43.8 Å². The predicted molar refractivity (Wildman–Crippen MR) is 126 cm³/mol. The van der Waals surface area contributed by atoms with Gasteiger partial charge in [-0.2, -0.15) is 0 Å². The number of benzene rings is 2. The van der Waals surface area contributed by atoms with Crippen molar-refractivity contribution in [1.29, 1.82) is 0 Å². The van der Waals surface area contributed by atoms with Crippen molar-refractivity contribution < 1.29 is 9.59 Å². The molecule has 1 atom stereocenters. The van der Waals surface area contributed by atoms with Crippen LogP contribution in [0.15, 0.2) is 78.4 Å². The highest BCUT2D eigenvalue weighted by Crippen LogP contribution is 2.23. The first-order valence-electron chi connectivity index (χ1n) is 8.79. The Labute approximate surface area is 183 Å². The Balaban J connectivity index is 0.000000234. The van der Waals surface area contributed by atoms with E-state index in [0.717, 1.165) is 18.7 Å². The van der Waals surface area contributed by atoms with Crippen molar-refractivity contribution in [2.24, 2.45) is 5.73 Å². The maximum absolute atomic E-state index is 10.9. The fourth-order valence-corrected chi connectivity index (χ4v) is 3.56. The monoisotopic (exact) mass is 511 g/mol. The normalized spacial score (nSPS) is 13.7. The summed E-state index contributed by atoms with van der Waals surface area (Å²) in [4.78, 5) is 21.1. The van der Waals surface area contributed by atoms with Crippen molar-refractivity contribution >= 4 is 42.6 Å². The van der Waals surface area contributed by atoms with E-state index >= 15 is 0 Å². The lowest BCUT2D eigenvalue weighted by atomic mass is 10.1. The molecular weight excluding hydrogens is 485 g/mol. The summed E-state index contributed by atoms with van der Waals surface area (Å²) in [5.41, 5.74) is 7.57.